The minimum atomic E-state index is 1.10. The van der Waals surface area contributed by atoms with Gasteiger partial charge in [0.15, 0.2) is 0 Å². The maximum Gasteiger partial charge on any atom is 0.108 e. The summed E-state index contributed by atoms with van der Waals surface area (Å²) >= 11 is 0. The van der Waals surface area contributed by atoms with E-state index in [1.165, 1.54) is 178 Å². The first-order valence-corrected chi connectivity index (χ1v) is 18.9. The molecule has 2 rings (SSSR count). The van der Waals surface area contributed by atoms with Gasteiger partial charge in [-0.15, -0.1) is 0 Å². The highest BCUT2D eigenvalue weighted by Crippen LogP contribution is 2.17. The molecule has 0 radical (unpaired) electrons. The zero-order valence-corrected chi connectivity index (χ0v) is 28.4. The second-order valence-electron chi connectivity index (χ2n) is 13.2. The Morgan fingerprint density at radius 1 is 0.452 bits per heavy atom. The van der Waals surface area contributed by atoms with E-state index >= 15 is 0 Å². The van der Waals surface area contributed by atoms with E-state index in [1.807, 2.05) is 0 Å². The Labute approximate surface area is 262 Å². The third kappa shape index (κ3) is 19.6. The molecule has 0 saturated carbocycles. The van der Waals surface area contributed by atoms with Gasteiger partial charge in [-0.05, 0) is 37.7 Å². The number of aromatic nitrogens is 2. The second-order valence-corrected chi connectivity index (χ2v) is 13.2. The zero-order valence-electron chi connectivity index (χ0n) is 28.4. The summed E-state index contributed by atoms with van der Waals surface area (Å²) in [7, 11) is 0. The van der Waals surface area contributed by atoms with E-state index < -0.39 is 0 Å². The minimum Gasteiger partial charge on any atom is -0.335 e. The lowest BCUT2D eigenvalue weighted by Crippen LogP contribution is -2.03. The fourth-order valence-corrected chi connectivity index (χ4v) is 6.39. The molecule has 0 N–H and O–H groups in total. The monoisotopic (exact) mass is 579 g/mol. The Morgan fingerprint density at radius 3 is 1.40 bits per heavy atom. The molecule has 0 saturated heterocycles. The standard InChI is InChI=1S/C40H70N2/c1-3-5-7-9-11-13-15-17-19-21-23-28-35-40-41-39(34-30-33-38-31-26-25-27-32-38)37-42(40)36-29-24-22-20-18-16-14-12-10-8-6-4-2/h25-27,31-32,37H,3-24,28-30,33-36H2,1-2H3. The van der Waals surface area contributed by atoms with Crippen LogP contribution >= 0.6 is 0 Å². The Bertz CT molecular complexity index is 778. The van der Waals surface area contributed by atoms with E-state index in [0.29, 0.717) is 0 Å². The summed E-state index contributed by atoms with van der Waals surface area (Å²) < 4.78 is 2.53. The first-order chi connectivity index (χ1) is 20.8. The first kappa shape index (κ1) is 36.6. The molecule has 0 spiro atoms. The summed E-state index contributed by atoms with van der Waals surface area (Å²) in [6.45, 7) is 5.77. The van der Waals surface area contributed by atoms with E-state index in [-0.39, 0.29) is 0 Å². The lowest BCUT2D eigenvalue weighted by molar-refractivity contribution is 0.517. The number of hydrogen-bond donors (Lipinski definition) is 0. The highest BCUT2D eigenvalue weighted by Gasteiger charge is 2.09. The van der Waals surface area contributed by atoms with Crippen molar-refractivity contribution in [2.24, 2.45) is 0 Å². The highest BCUT2D eigenvalue weighted by atomic mass is 15.1. The van der Waals surface area contributed by atoms with Crippen molar-refractivity contribution in [3.05, 3.63) is 53.6 Å². The van der Waals surface area contributed by atoms with Crippen molar-refractivity contribution >= 4 is 0 Å². The number of benzene rings is 1. The maximum absolute atomic E-state index is 5.17. The largest absolute Gasteiger partial charge is 0.335 e. The van der Waals surface area contributed by atoms with Gasteiger partial charge in [0.25, 0.3) is 0 Å². The number of aryl methyl sites for hydroxylation is 4. The number of nitrogens with zero attached hydrogens (tertiary/aromatic N) is 2. The van der Waals surface area contributed by atoms with E-state index in [9.17, 15) is 0 Å². The summed E-state index contributed by atoms with van der Waals surface area (Å²) in [5, 5.41) is 0. The summed E-state index contributed by atoms with van der Waals surface area (Å²) in [5.41, 5.74) is 2.77. The maximum atomic E-state index is 5.17. The van der Waals surface area contributed by atoms with Crippen LogP contribution in [-0.2, 0) is 25.8 Å². The van der Waals surface area contributed by atoms with Crippen LogP contribution in [0.25, 0.3) is 0 Å². The van der Waals surface area contributed by atoms with Crippen LogP contribution in [0.1, 0.15) is 191 Å². The van der Waals surface area contributed by atoms with Crippen LogP contribution in [0.2, 0.25) is 0 Å². The van der Waals surface area contributed by atoms with Gasteiger partial charge >= 0.3 is 0 Å². The molecule has 1 aromatic carbocycles. The van der Waals surface area contributed by atoms with E-state index in [0.717, 1.165) is 25.8 Å². The lowest BCUT2D eigenvalue weighted by atomic mass is 10.0. The Hall–Kier alpha value is -1.57. The predicted molar refractivity (Wildman–Crippen MR) is 187 cm³/mol. The molecular formula is C40H70N2. The van der Waals surface area contributed by atoms with Crippen molar-refractivity contribution < 1.29 is 0 Å². The molecule has 0 atom stereocenters. The van der Waals surface area contributed by atoms with E-state index in [4.69, 9.17) is 4.98 Å². The number of hydrogen-bond acceptors (Lipinski definition) is 1. The lowest BCUT2D eigenvalue weighted by Gasteiger charge is -2.08. The van der Waals surface area contributed by atoms with Gasteiger partial charge in [-0.2, -0.15) is 0 Å². The molecule has 2 heteroatoms. The van der Waals surface area contributed by atoms with Gasteiger partial charge in [-0.3, -0.25) is 0 Å². The molecule has 0 bridgehead atoms. The summed E-state index contributed by atoms with van der Waals surface area (Å²) in [6.07, 6.45) is 41.0. The van der Waals surface area contributed by atoms with Crippen LogP contribution in [0.5, 0.6) is 0 Å². The van der Waals surface area contributed by atoms with Gasteiger partial charge in [0.2, 0.25) is 0 Å². The van der Waals surface area contributed by atoms with Crippen LogP contribution in [0.15, 0.2) is 36.5 Å². The second kappa shape index (κ2) is 27.0. The normalized spacial score (nSPS) is 11.5. The zero-order chi connectivity index (χ0) is 29.8. The van der Waals surface area contributed by atoms with Crippen molar-refractivity contribution in [1.29, 1.82) is 0 Å². The molecule has 0 aliphatic carbocycles. The van der Waals surface area contributed by atoms with E-state index in [2.05, 4.69) is 54.9 Å². The number of imidazole rings is 1. The topological polar surface area (TPSA) is 17.8 Å². The number of unbranched alkanes of at least 4 members (excludes halogenated alkanes) is 22. The molecule has 240 valence electrons. The molecule has 0 unspecified atom stereocenters. The van der Waals surface area contributed by atoms with Crippen molar-refractivity contribution in [1.82, 2.24) is 9.55 Å². The molecule has 0 aliphatic heterocycles. The van der Waals surface area contributed by atoms with Gasteiger partial charge in [-0.1, -0.05) is 185 Å². The molecule has 0 amide bonds. The Balaban J connectivity index is 1.63. The predicted octanol–water partition coefficient (Wildman–Crippen LogP) is 13.0. The van der Waals surface area contributed by atoms with Gasteiger partial charge in [-0.25, -0.2) is 4.98 Å². The Morgan fingerprint density at radius 2 is 0.905 bits per heavy atom. The molecule has 0 fully saturated rings. The fraction of sp³-hybridized carbons (Fsp3) is 0.775. The molecule has 2 aromatic rings. The number of rotatable bonds is 30. The van der Waals surface area contributed by atoms with Gasteiger partial charge < -0.3 is 4.57 Å². The molecule has 1 heterocycles. The van der Waals surface area contributed by atoms with Crippen molar-refractivity contribution in [3.63, 3.8) is 0 Å². The van der Waals surface area contributed by atoms with Gasteiger partial charge in [0.1, 0.15) is 5.82 Å². The molecule has 42 heavy (non-hydrogen) atoms. The average Bonchev–Trinajstić information content (AvgIpc) is 3.40. The molecule has 0 aliphatic rings. The van der Waals surface area contributed by atoms with E-state index in [1.54, 1.807) is 0 Å². The Kier molecular flexibility index (Phi) is 23.6. The quantitative estimate of drug-likeness (QED) is 0.0843. The SMILES string of the molecule is CCCCCCCCCCCCCCc1nc(CCCc2ccccc2)cn1CCCCCCCCCCCCCC. The minimum absolute atomic E-state index is 1.10. The van der Waals surface area contributed by atoms with Gasteiger partial charge in [0.05, 0.1) is 5.69 Å². The van der Waals surface area contributed by atoms with Crippen LogP contribution < -0.4 is 0 Å². The van der Waals surface area contributed by atoms with Crippen LogP contribution in [0.4, 0.5) is 0 Å². The van der Waals surface area contributed by atoms with Gasteiger partial charge in [0, 0.05) is 19.2 Å². The molecule has 1 aromatic heterocycles. The van der Waals surface area contributed by atoms with Crippen molar-refractivity contribution in [2.45, 2.75) is 200 Å². The van der Waals surface area contributed by atoms with Crippen LogP contribution in [-0.4, -0.2) is 9.55 Å². The fourth-order valence-electron chi connectivity index (χ4n) is 6.39. The van der Waals surface area contributed by atoms with Crippen molar-refractivity contribution in [3.8, 4) is 0 Å². The summed E-state index contributed by atoms with van der Waals surface area (Å²) in [5.74, 6) is 1.36. The average molecular weight is 579 g/mol. The molecule has 2 nitrogen and oxygen atoms in total. The summed E-state index contributed by atoms with van der Waals surface area (Å²) in [6, 6.07) is 10.9. The smallest absolute Gasteiger partial charge is 0.108 e. The van der Waals surface area contributed by atoms with Crippen LogP contribution in [0, 0.1) is 0 Å². The summed E-state index contributed by atoms with van der Waals surface area (Å²) in [4.78, 5) is 5.17. The highest BCUT2D eigenvalue weighted by molar-refractivity contribution is 5.15. The third-order valence-electron chi connectivity index (χ3n) is 9.16. The van der Waals surface area contributed by atoms with Crippen LogP contribution in [0.3, 0.4) is 0 Å². The third-order valence-corrected chi connectivity index (χ3v) is 9.16. The molecular weight excluding hydrogens is 508 g/mol. The van der Waals surface area contributed by atoms with Crippen molar-refractivity contribution in [2.75, 3.05) is 0 Å². The first-order valence-electron chi connectivity index (χ1n) is 18.9.